The van der Waals surface area contributed by atoms with Crippen molar-refractivity contribution >= 4 is 28.6 Å². The molecule has 0 aromatic carbocycles. The van der Waals surface area contributed by atoms with E-state index in [1.165, 1.54) is 0 Å². The summed E-state index contributed by atoms with van der Waals surface area (Å²) in [7, 11) is 0. The molecule has 0 amide bonds. The number of hydrogen-bond donors (Lipinski definition) is 0. The van der Waals surface area contributed by atoms with Gasteiger partial charge in [0.2, 0.25) is 0 Å². The summed E-state index contributed by atoms with van der Waals surface area (Å²) in [5.74, 6) is 2.69. The van der Waals surface area contributed by atoms with Gasteiger partial charge in [-0.3, -0.25) is 0 Å². The van der Waals surface area contributed by atoms with Gasteiger partial charge in [0.05, 0.1) is 5.25 Å². The molecular formula is C4H4BrS. The van der Waals surface area contributed by atoms with Crippen molar-refractivity contribution in [2.45, 2.75) is 12.2 Å². The summed E-state index contributed by atoms with van der Waals surface area (Å²) in [5, 5.41) is 0.0735. The Morgan fingerprint density at radius 2 is 2.33 bits per heavy atom. The molecule has 6 heavy (non-hydrogen) atoms. The minimum Gasteiger partial charge on any atom is -0.0766 e. The van der Waals surface area contributed by atoms with E-state index in [1.807, 2.05) is 6.92 Å². The zero-order valence-electron chi connectivity index (χ0n) is 3.36. The maximum Gasteiger partial charge on any atom is 0.0741 e. The Hall–Kier alpha value is 0.390. The monoisotopic (exact) mass is 163 g/mol. The van der Waals surface area contributed by atoms with Gasteiger partial charge in [0.1, 0.15) is 0 Å². The van der Waals surface area contributed by atoms with Crippen LogP contribution in [0.5, 0.6) is 0 Å². The van der Waals surface area contributed by atoms with Crippen LogP contribution in [-0.4, -0.2) is 5.25 Å². The molecule has 0 bridgehead atoms. The van der Waals surface area contributed by atoms with Gasteiger partial charge in [-0.2, -0.15) is 0 Å². The lowest BCUT2D eigenvalue weighted by molar-refractivity contribution is 1.32. The summed E-state index contributed by atoms with van der Waals surface area (Å²) >= 11 is 7.60. The summed E-state index contributed by atoms with van der Waals surface area (Å²) < 4.78 is 0. The molecule has 2 heteroatoms. The zero-order valence-corrected chi connectivity index (χ0v) is 5.77. The number of hydrogen-bond acceptors (Lipinski definition) is 0. The lowest BCUT2D eigenvalue weighted by atomic mass is 10.5. The summed E-state index contributed by atoms with van der Waals surface area (Å²) in [6, 6.07) is 0. The van der Waals surface area contributed by atoms with E-state index in [9.17, 15) is 0 Å². The molecule has 0 spiro atoms. The summed E-state index contributed by atoms with van der Waals surface area (Å²) in [6.07, 6.45) is 0. The van der Waals surface area contributed by atoms with Gasteiger partial charge < -0.3 is 0 Å². The van der Waals surface area contributed by atoms with E-state index in [4.69, 9.17) is 0 Å². The van der Waals surface area contributed by atoms with Crippen LogP contribution in [0.25, 0.3) is 0 Å². The van der Waals surface area contributed by atoms with Gasteiger partial charge in [0.25, 0.3) is 0 Å². The molecule has 0 aliphatic heterocycles. The highest BCUT2D eigenvalue weighted by Gasteiger charge is 1.79. The molecule has 0 heterocycles. The quantitative estimate of drug-likeness (QED) is 0.480. The van der Waals surface area contributed by atoms with Gasteiger partial charge in [0, 0.05) is 15.9 Å². The second kappa shape index (κ2) is 3.58. The molecule has 1 atom stereocenters. The average Bonchev–Trinajstić information content (AvgIpc) is 1.35. The van der Waals surface area contributed by atoms with Crippen molar-refractivity contribution in [2.24, 2.45) is 0 Å². The van der Waals surface area contributed by atoms with E-state index in [0.29, 0.717) is 0 Å². The van der Waals surface area contributed by atoms with Crippen LogP contribution in [0.1, 0.15) is 6.92 Å². The maximum absolute atomic E-state index is 4.67. The van der Waals surface area contributed by atoms with Gasteiger partial charge in [0.15, 0.2) is 0 Å². The predicted octanol–water partition coefficient (Wildman–Crippen LogP) is 1.93. The van der Waals surface area contributed by atoms with E-state index in [2.05, 4.69) is 39.3 Å². The number of halogens is 1. The molecule has 0 N–H and O–H groups in total. The SMILES string of the molecule is CC([S])C#CBr. The highest BCUT2D eigenvalue weighted by molar-refractivity contribution is 9.12. The molecule has 0 saturated heterocycles. The van der Waals surface area contributed by atoms with Crippen molar-refractivity contribution in [2.75, 3.05) is 0 Å². The van der Waals surface area contributed by atoms with Crippen molar-refractivity contribution in [1.29, 1.82) is 0 Å². The lowest BCUT2D eigenvalue weighted by Gasteiger charge is -1.78. The van der Waals surface area contributed by atoms with Crippen molar-refractivity contribution in [3.05, 3.63) is 0 Å². The smallest absolute Gasteiger partial charge is 0.0741 e. The zero-order chi connectivity index (χ0) is 4.99. The molecule has 0 rings (SSSR count). The third-order valence-corrected chi connectivity index (χ3v) is 0.605. The Morgan fingerprint density at radius 1 is 1.83 bits per heavy atom. The van der Waals surface area contributed by atoms with E-state index >= 15 is 0 Å². The maximum atomic E-state index is 4.67. The van der Waals surface area contributed by atoms with Crippen LogP contribution in [0.4, 0.5) is 0 Å². The van der Waals surface area contributed by atoms with Crippen LogP contribution in [-0.2, 0) is 0 Å². The topological polar surface area (TPSA) is 0 Å². The molecule has 33 valence electrons. The molecule has 1 unspecified atom stereocenters. The molecule has 1 radical (unpaired) electrons. The van der Waals surface area contributed by atoms with E-state index in [-0.39, 0.29) is 5.25 Å². The van der Waals surface area contributed by atoms with Crippen LogP contribution >= 0.6 is 28.6 Å². The van der Waals surface area contributed by atoms with Crippen molar-refractivity contribution in [3.8, 4) is 10.8 Å². The van der Waals surface area contributed by atoms with Gasteiger partial charge >= 0.3 is 0 Å². The van der Waals surface area contributed by atoms with Crippen molar-refractivity contribution < 1.29 is 0 Å². The number of rotatable bonds is 0. The van der Waals surface area contributed by atoms with Gasteiger partial charge in [-0.1, -0.05) is 18.5 Å². The highest BCUT2D eigenvalue weighted by atomic mass is 79.9. The summed E-state index contributed by atoms with van der Waals surface area (Å²) in [4.78, 5) is 2.53. The Balaban J connectivity index is 3.20. The fourth-order valence-corrected chi connectivity index (χ4v) is 0.631. The highest BCUT2D eigenvalue weighted by Crippen LogP contribution is 1.87. The van der Waals surface area contributed by atoms with Gasteiger partial charge in [-0.25, -0.2) is 0 Å². The Labute approximate surface area is 51.9 Å². The first-order chi connectivity index (χ1) is 2.77. The third-order valence-electron chi connectivity index (χ3n) is 0.258. The van der Waals surface area contributed by atoms with Crippen LogP contribution in [0.3, 0.4) is 0 Å². The predicted molar refractivity (Wildman–Crippen MR) is 33.8 cm³/mol. The largest absolute Gasteiger partial charge is 0.0766 e. The molecule has 0 aliphatic carbocycles. The first-order valence-electron chi connectivity index (χ1n) is 1.54. The molecule has 0 saturated carbocycles. The van der Waals surface area contributed by atoms with Crippen LogP contribution in [0.15, 0.2) is 0 Å². The Morgan fingerprint density at radius 3 is 2.33 bits per heavy atom. The Kier molecular flexibility index (Phi) is 3.81. The molecular weight excluding hydrogens is 160 g/mol. The van der Waals surface area contributed by atoms with Crippen molar-refractivity contribution in [1.82, 2.24) is 0 Å². The molecule has 0 aromatic rings. The average molecular weight is 164 g/mol. The summed E-state index contributed by atoms with van der Waals surface area (Å²) in [6.45, 7) is 1.86. The van der Waals surface area contributed by atoms with Crippen molar-refractivity contribution in [3.63, 3.8) is 0 Å². The first-order valence-corrected chi connectivity index (χ1v) is 2.81. The fraction of sp³-hybridized carbons (Fsp3) is 0.500. The van der Waals surface area contributed by atoms with Crippen LogP contribution in [0, 0.1) is 10.8 Å². The molecule has 0 fully saturated rings. The fourth-order valence-electron chi connectivity index (χ4n) is 0.0768. The third kappa shape index (κ3) is 4.39. The first kappa shape index (κ1) is 6.39. The second-order valence-electron chi connectivity index (χ2n) is 0.881. The van der Waals surface area contributed by atoms with Gasteiger partial charge in [-0.15, -0.1) is 0 Å². The van der Waals surface area contributed by atoms with E-state index < -0.39 is 0 Å². The normalized spacial score (nSPS) is 11.8. The minimum atomic E-state index is 0.0735. The molecule has 0 aromatic heterocycles. The molecule has 0 nitrogen and oxygen atoms in total. The summed E-state index contributed by atoms with van der Waals surface area (Å²) in [5.41, 5.74) is 0. The Bertz CT molecular complexity index is 77.3. The lowest BCUT2D eigenvalue weighted by Crippen LogP contribution is -1.78. The van der Waals surface area contributed by atoms with E-state index in [1.54, 1.807) is 0 Å². The standard InChI is InChI=1S/C4H4BrS/c1-4(6)2-3-5/h4H,1H3. The van der Waals surface area contributed by atoms with E-state index in [0.717, 1.165) is 0 Å². The second-order valence-corrected chi connectivity index (χ2v) is 1.98. The minimum absolute atomic E-state index is 0.0735. The van der Waals surface area contributed by atoms with Gasteiger partial charge in [-0.05, 0) is 11.8 Å². The van der Waals surface area contributed by atoms with Crippen LogP contribution in [0.2, 0.25) is 0 Å². The van der Waals surface area contributed by atoms with Crippen LogP contribution < -0.4 is 0 Å². The molecule has 0 aliphatic rings.